The van der Waals surface area contributed by atoms with Crippen LogP contribution in [0.2, 0.25) is 0 Å². The summed E-state index contributed by atoms with van der Waals surface area (Å²) in [6.45, 7) is 37.4. The third-order valence-electron chi connectivity index (χ3n) is 17.8. The van der Waals surface area contributed by atoms with Crippen LogP contribution in [0.4, 0.5) is 22.7 Å². The second kappa shape index (κ2) is 27.3. The van der Waals surface area contributed by atoms with Gasteiger partial charge in [-0.15, -0.1) is 0 Å². The molecule has 10 rings (SSSR count). The van der Waals surface area contributed by atoms with Crippen LogP contribution in [0, 0.1) is 0 Å². The molecule has 0 atom stereocenters. The first-order chi connectivity index (χ1) is 41.9. The summed E-state index contributed by atoms with van der Waals surface area (Å²) < 4.78 is 2.80. The van der Waals surface area contributed by atoms with Gasteiger partial charge in [-0.05, 0) is 0 Å². The molecule has 8 aromatic carbocycles. The quantitative estimate of drug-likeness (QED) is 0.0557. The van der Waals surface area contributed by atoms with Crippen molar-refractivity contribution in [3.05, 3.63) is 286 Å². The molecule has 0 saturated carbocycles. The van der Waals surface area contributed by atoms with E-state index in [1.807, 2.05) is 0 Å². The van der Waals surface area contributed by atoms with Crippen molar-refractivity contribution in [3.63, 3.8) is 0 Å². The van der Waals surface area contributed by atoms with Gasteiger partial charge in [0.1, 0.15) is 0 Å². The first-order valence-electron chi connectivity index (χ1n) is 32.4. The Kier molecular flexibility index (Phi) is 19.7. The number of para-hydroxylation sites is 4. The van der Waals surface area contributed by atoms with Crippen LogP contribution in [0.1, 0.15) is 225 Å². The van der Waals surface area contributed by atoms with Crippen molar-refractivity contribution in [2.75, 3.05) is 19.2 Å². The van der Waals surface area contributed by atoms with Crippen LogP contribution >= 0.6 is 0 Å². The molecule has 0 aromatic heterocycles. The molecule has 0 fully saturated rings. The Morgan fingerprint density at radius 2 is 0.425 bits per heavy atom. The molecule has 0 amide bonds. The second-order valence-electron chi connectivity index (χ2n) is 26.5. The third kappa shape index (κ3) is 12.7. The maximum absolute atomic E-state index is 2.70. The van der Waals surface area contributed by atoms with Crippen molar-refractivity contribution in [1.82, 2.24) is 0 Å². The molecule has 87 heavy (non-hydrogen) atoms. The van der Waals surface area contributed by atoms with Crippen molar-refractivity contribution in [2.45, 2.75) is 158 Å². The molecule has 7 heteroatoms. The summed E-state index contributed by atoms with van der Waals surface area (Å²) in [6, 6.07) is 74.4. The van der Waals surface area contributed by atoms with Crippen LogP contribution < -0.4 is 19.2 Å². The fraction of sp³-hybridized carbons (Fsp3) is 0.300. The summed E-state index contributed by atoms with van der Waals surface area (Å²) in [5.41, 5.74) is 23.7. The molecular weight excluding hydrogens is 1110 g/mol. The fourth-order valence-corrected chi connectivity index (χ4v) is 17.0. The third-order valence-corrected chi connectivity index (χ3v) is 21.2. The zero-order valence-electron chi connectivity index (χ0n) is 54.8. The normalized spacial score (nSPS) is 14.3. The second-order valence-corrected chi connectivity index (χ2v) is 29.1. The van der Waals surface area contributed by atoms with Gasteiger partial charge in [-0.25, -0.2) is 0 Å². The zero-order valence-corrected chi connectivity index (χ0v) is 56.9. The van der Waals surface area contributed by atoms with E-state index in [1.165, 1.54) is 109 Å². The van der Waals surface area contributed by atoms with E-state index in [2.05, 4.69) is 349 Å². The molecule has 2 heterocycles. The van der Waals surface area contributed by atoms with Crippen molar-refractivity contribution in [1.29, 1.82) is 0 Å². The molecule has 2 radical (unpaired) electrons. The van der Waals surface area contributed by atoms with Gasteiger partial charge in [0, 0.05) is 0 Å². The predicted molar refractivity (Wildman–Crippen MR) is 383 cm³/mol. The number of nitrogens with zero attached hydrogens (tertiary/aromatic N) is 4. The van der Waals surface area contributed by atoms with Crippen LogP contribution in [0.15, 0.2) is 219 Å². The van der Waals surface area contributed by atoms with Gasteiger partial charge >= 0.3 is 535 Å². The topological polar surface area (TPSA) is 13.0 Å². The van der Waals surface area contributed by atoms with Crippen LogP contribution in [-0.4, -0.2) is 29.4 Å². The maximum atomic E-state index is 2.70. The summed E-state index contributed by atoms with van der Waals surface area (Å²) in [5.74, 6) is 2.25. The number of hydrogen-bond donors (Lipinski definition) is 0. The number of hydrogen-bond acceptors (Lipinski definition) is 4. The van der Waals surface area contributed by atoms with E-state index in [4.69, 9.17) is 0 Å². The Balaban J connectivity index is 1.41. The van der Waals surface area contributed by atoms with Crippen molar-refractivity contribution in [2.24, 2.45) is 0 Å². The number of benzene rings is 8. The molecule has 0 saturated heterocycles. The molecule has 0 unspecified atom stereocenters. The molecule has 0 N–H and O–H groups in total. The summed E-state index contributed by atoms with van der Waals surface area (Å²) in [4.78, 5) is 10.8. The summed E-state index contributed by atoms with van der Waals surface area (Å²) >= 11 is -1.40. The Morgan fingerprint density at radius 3 is 0.609 bits per heavy atom. The predicted octanol–water partition coefficient (Wildman–Crippen LogP) is 21.9. The van der Waals surface area contributed by atoms with Gasteiger partial charge in [0.2, 0.25) is 0 Å². The van der Waals surface area contributed by atoms with Gasteiger partial charge in [0.15, 0.2) is 0 Å². The van der Waals surface area contributed by atoms with E-state index in [-0.39, 0.29) is 61.3 Å². The molecular formula is C80H92B2GeN4. The standard InChI is InChI=1S/C80H92B2GeN4/c1-53(2)65-41-29-42-66(54(3)4)77(65)84-49-50-85(78-67(55(5)6)43-30-44-68(78)56(7)8)81(84)73(61-33-21-17-22-34-61)75(63-37-25-19-26-38-63)83-76(64-39-27-20-28-40-64)74(62-35-23-18-24-36-62)82-86(79-69(57(9)10)45-31-46-70(79)58(11)12)51-52-87(82)80-71(59(13)14)47-32-48-72(80)60(15)16/h17-60H,1-16H3/b75-73-,76-74+. The summed E-state index contributed by atoms with van der Waals surface area (Å²) in [5, 5.41) is 0. The van der Waals surface area contributed by atoms with Crippen molar-refractivity contribution in [3.8, 4) is 0 Å². The fourth-order valence-electron chi connectivity index (χ4n) is 13.5. The van der Waals surface area contributed by atoms with E-state index >= 15 is 0 Å². The molecule has 2 aliphatic heterocycles. The van der Waals surface area contributed by atoms with Gasteiger partial charge < -0.3 is 0 Å². The summed E-state index contributed by atoms with van der Waals surface area (Å²) in [7, 11) is 0. The molecule has 442 valence electrons. The number of rotatable bonds is 20. The van der Waals surface area contributed by atoms with Gasteiger partial charge in [-0.2, -0.15) is 0 Å². The van der Waals surface area contributed by atoms with Gasteiger partial charge in [-0.3, -0.25) is 0 Å². The average molecular weight is 1200 g/mol. The summed E-state index contributed by atoms with van der Waals surface area (Å²) in [6.07, 6.45) is 9.74. The Bertz CT molecular complexity index is 3280. The van der Waals surface area contributed by atoms with E-state index in [0.29, 0.717) is 0 Å². The van der Waals surface area contributed by atoms with Crippen LogP contribution in [-0.2, 0) is 0 Å². The Hall–Kier alpha value is -7.41. The van der Waals surface area contributed by atoms with Gasteiger partial charge in [-0.1, -0.05) is 0 Å². The molecule has 0 bridgehead atoms. The minimum absolute atomic E-state index is 0.280. The zero-order chi connectivity index (χ0) is 61.8. The van der Waals surface area contributed by atoms with Crippen molar-refractivity contribution >= 4 is 71.9 Å². The Labute approximate surface area is 531 Å². The molecule has 4 nitrogen and oxygen atoms in total. The van der Waals surface area contributed by atoms with Crippen LogP contribution in [0.5, 0.6) is 0 Å². The van der Waals surface area contributed by atoms with E-state index < -0.39 is 15.4 Å². The van der Waals surface area contributed by atoms with E-state index in [1.54, 1.807) is 0 Å². The minimum atomic E-state index is -1.40. The van der Waals surface area contributed by atoms with E-state index in [9.17, 15) is 0 Å². The monoisotopic (exact) mass is 1200 g/mol. The molecule has 0 spiro atoms. The van der Waals surface area contributed by atoms with Crippen molar-refractivity contribution < 1.29 is 0 Å². The molecule has 2 aliphatic rings. The van der Waals surface area contributed by atoms with Gasteiger partial charge in [0.05, 0.1) is 0 Å². The average Bonchev–Trinajstić information content (AvgIpc) is 1.73. The van der Waals surface area contributed by atoms with Gasteiger partial charge in [0.25, 0.3) is 0 Å². The Morgan fingerprint density at radius 1 is 0.241 bits per heavy atom. The van der Waals surface area contributed by atoms with Crippen LogP contribution in [0.25, 0.3) is 19.8 Å². The molecule has 8 aromatic rings. The first-order valence-corrected chi connectivity index (χ1v) is 34.5. The first kappa shape index (κ1) is 62.6. The SMILES string of the molecule is CC(C)c1cccc(C(C)C)c1N1C=CN(c2c(C(C)C)cccc2C(C)C)B1/C(=[C](/[Ge]/[C](=C(\B1N(c2c(C(C)C)cccc2C(C)C)C=CN1c1c(C(C)C)cccc1C(C)C)c1ccccc1)c1ccccc1)c1ccccc1)c1ccccc1. The number of anilines is 4. The van der Waals surface area contributed by atoms with Crippen LogP contribution in [0.3, 0.4) is 0 Å². The van der Waals surface area contributed by atoms with E-state index in [0.717, 1.165) is 0 Å². The molecule has 0 aliphatic carbocycles.